The second-order valence-corrected chi connectivity index (χ2v) is 4.57. The Bertz CT molecular complexity index is 414. The van der Waals surface area contributed by atoms with Crippen molar-refractivity contribution in [2.45, 2.75) is 31.2 Å². The molecule has 1 saturated heterocycles. The molecule has 1 heterocycles. The lowest BCUT2D eigenvalue weighted by molar-refractivity contribution is -0.124. The molecule has 0 aromatic heterocycles. The van der Waals surface area contributed by atoms with E-state index >= 15 is 0 Å². The molecule has 2 rings (SSSR count). The maximum Gasteiger partial charge on any atom is 0.237 e. The average molecular weight is 236 g/mol. The molecule has 3 N–H and O–H groups in total. The number of aryl methyl sites for hydroxylation is 1. The van der Waals surface area contributed by atoms with E-state index in [4.69, 9.17) is 5.73 Å². The van der Waals surface area contributed by atoms with Crippen molar-refractivity contribution in [3.63, 3.8) is 0 Å². The minimum atomic E-state index is -0.637. The minimum Gasteiger partial charge on any atom is -0.368 e. The Morgan fingerprint density at radius 3 is 2.82 bits per heavy atom. The molecule has 1 aromatic carbocycles. The number of nitrogens with two attached hydrogens (primary N) is 1. The number of halogens is 1. The van der Waals surface area contributed by atoms with Crippen molar-refractivity contribution in [2.24, 2.45) is 5.73 Å². The van der Waals surface area contributed by atoms with Gasteiger partial charge in [-0.05, 0) is 43.9 Å². The number of carbonyl (C=O) groups excluding carboxylic acids is 1. The molecule has 0 radical (unpaired) electrons. The van der Waals surface area contributed by atoms with Gasteiger partial charge in [0.15, 0.2) is 0 Å². The van der Waals surface area contributed by atoms with Crippen LogP contribution in [0.3, 0.4) is 0 Å². The number of hydrogen-bond acceptors (Lipinski definition) is 2. The predicted molar refractivity (Wildman–Crippen MR) is 63.9 cm³/mol. The van der Waals surface area contributed by atoms with Crippen molar-refractivity contribution < 1.29 is 9.18 Å². The summed E-state index contributed by atoms with van der Waals surface area (Å²) >= 11 is 0. The van der Waals surface area contributed by atoms with Crippen LogP contribution in [-0.4, -0.2) is 18.0 Å². The van der Waals surface area contributed by atoms with E-state index in [-0.39, 0.29) is 11.7 Å². The average Bonchev–Trinajstić information content (AvgIpc) is 2.78. The summed E-state index contributed by atoms with van der Waals surface area (Å²) < 4.78 is 13.5. The first-order valence-electron chi connectivity index (χ1n) is 5.92. The van der Waals surface area contributed by atoms with Gasteiger partial charge in [0.1, 0.15) is 5.82 Å². The molecule has 1 fully saturated rings. The van der Waals surface area contributed by atoms with Crippen LogP contribution in [0.1, 0.15) is 24.8 Å². The van der Waals surface area contributed by atoms with Crippen LogP contribution >= 0.6 is 0 Å². The molecule has 1 amide bonds. The van der Waals surface area contributed by atoms with Crippen molar-refractivity contribution >= 4 is 5.91 Å². The lowest BCUT2D eigenvalue weighted by Crippen LogP contribution is -2.51. The monoisotopic (exact) mass is 236 g/mol. The molecule has 0 spiro atoms. The molecule has 1 unspecified atom stereocenters. The number of carbonyl (C=O) groups is 1. The first-order chi connectivity index (χ1) is 8.14. The van der Waals surface area contributed by atoms with Crippen LogP contribution in [0.15, 0.2) is 24.3 Å². The molecule has 92 valence electrons. The van der Waals surface area contributed by atoms with Crippen LogP contribution < -0.4 is 11.1 Å². The van der Waals surface area contributed by atoms with Crippen molar-refractivity contribution in [3.8, 4) is 0 Å². The Balaban J connectivity index is 2.06. The third kappa shape index (κ3) is 2.47. The fourth-order valence-electron chi connectivity index (χ4n) is 2.40. The molecule has 1 aliphatic rings. The summed E-state index contributed by atoms with van der Waals surface area (Å²) in [5.74, 6) is -0.545. The molecule has 1 atom stereocenters. The minimum absolute atomic E-state index is 0.217. The Kier molecular flexibility index (Phi) is 3.43. The van der Waals surface area contributed by atoms with E-state index in [1.54, 1.807) is 18.2 Å². The van der Waals surface area contributed by atoms with Crippen LogP contribution in [-0.2, 0) is 11.2 Å². The zero-order chi connectivity index (χ0) is 12.3. The third-order valence-corrected chi connectivity index (χ3v) is 3.49. The van der Waals surface area contributed by atoms with Crippen molar-refractivity contribution in [2.75, 3.05) is 6.54 Å². The predicted octanol–water partition coefficient (Wildman–Crippen LogP) is 1.37. The standard InChI is InChI=1S/C13H17FN2O/c14-11-5-2-1-4-10(11)6-8-13(12(15)17)7-3-9-16-13/h1-2,4-5,16H,3,6-9H2,(H2,15,17). The van der Waals surface area contributed by atoms with E-state index < -0.39 is 5.54 Å². The SMILES string of the molecule is NC(=O)C1(CCc2ccccc2F)CCCN1. The highest BCUT2D eigenvalue weighted by molar-refractivity contribution is 5.85. The van der Waals surface area contributed by atoms with E-state index in [1.807, 2.05) is 0 Å². The van der Waals surface area contributed by atoms with Gasteiger partial charge >= 0.3 is 0 Å². The Morgan fingerprint density at radius 1 is 1.47 bits per heavy atom. The maximum absolute atomic E-state index is 13.5. The van der Waals surface area contributed by atoms with Gasteiger partial charge < -0.3 is 11.1 Å². The van der Waals surface area contributed by atoms with Crippen LogP contribution in [0, 0.1) is 5.82 Å². The van der Waals surface area contributed by atoms with Gasteiger partial charge in [-0.2, -0.15) is 0 Å². The van der Waals surface area contributed by atoms with Crippen molar-refractivity contribution in [1.29, 1.82) is 0 Å². The van der Waals surface area contributed by atoms with Gasteiger partial charge in [0.2, 0.25) is 5.91 Å². The van der Waals surface area contributed by atoms with Crippen molar-refractivity contribution in [1.82, 2.24) is 5.32 Å². The fraction of sp³-hybridized carbons (Fsp3) is 0.462. The Labute approximate surface area is 100 Å². The lowest BCUT2D eigenvalue weighted by atomic mass is 9.89. The Hall–Kier alpha value is -1.42. The number of nitrogens with one attached hydrogen (secondary N) is 1. The van der Waals surface area contributed by atoms with Gasteiger partial charge in [-0.1, -0.05) is 18.2 Å². The highest BCUT2D eigenvalue weighted by Crippen LogP contribution is 2.25. The molecule has 1 aliphatic heterocycles. The van der Waals surface area contributed by atoms with E-state index in [0.717, 1.165) is 19.4 Å². The number of amides is 1. The van der Waals surface area contributed by atoms with Crippen LogP contribution in [0.2, 0.25) is 0 Å². The summed E-state index contributed by atoms with van der Waals surface area (Å²) in [6, 6.07) is 6.65. The van der Waals surface area contributed by atoms with Crippen LogP contribution in [0.4, 0.5) is 4.39 Å². The molecule has 3 nitrogen and oxygen atoms in total. The molecule has 1 aromatic rings. The normalized spacial score (nSPS) is 23.8. The molecular formula is C13H17FN2O. The summed E-state index contributed by atoms with van der Waals surface area (Å²) in [5.41, 5.74) is 5.44. The largest absolute Gasteiger partial charge is 0.368 e. The maximum atomic E-state index is 13.5. The molecule has 17 heavy (non-hydrogen) atoms. The van der Waals surface area contributed by atoms with Gasteiger partial charge in [-0.25, -0.2) is 4.39 Å². The molecule has 0 bridgehead atoms. The molecule has 0 saturated carbocycles. The summed E-state index contributed by atoms with van der Waals surface area (Å²) in [5, 5.41) is 3.16. The second-order valence-electron chi connectivity index (χ2n) is 4.57. The summed E-state index contributed by atoms with van der Waals surface area (Å²) in [4.78, 5) is 11.5. The number of rotatable bonds is 4. The highest BCUT2D eigenvalue weighted by atomic mass is 19.1. The lowest BCUT2D eigenvalue weighted by Gasteiger charge is -2.25. The zero-order valence-corrected chi connectivity index (χ0v) is 9.71. The van der Waals surface area contributed by atoms with Gasteiger partial charge in [-0.3, -0.25) is 4.79 Å². The zero-order valence-electron chi connectivity index (χ0n) is 9.71. The summed E-state index contributed by atoms with van der Waals surface area (Å²) in [6.07, 6.45) is 2.78. The fourth-order valence-corrected chi connectivity index (χ4v) is 2.40. The third-order valence-electron chi connectivity index (χ3n) is 3.49. The highest BCUT2D eigenvalue weighted by Gasteiger charge is 2.38. The molecule has 4 heteroatoms. The van der Waals surface area contributed by atoms with E-state index in [0.29, 0.717) is 18.4 Å². The molecular weight excluding hydrogens is 219 g/mol. The van der Waals surface area contributed by atoms with Gasteiger partial charge in [0, 0.05) is 0 Å². The number of primary amides is 1. The van der Waals surface area contributed by atoms with Crippen LogP contribution in [0.5, 0.6) is 0 Å². The summed E-state index contributed by atoms with van der Waals surface area (Å²) in [6.45, 7) is 0.806. The number of benzene rings is 1. The second kappa shape index (κ2) is 4.84. The summed E-state index contributed by atoms with van der Waals surface area (Å²) in [7, 11) is 0. The van der Waals surface area contributed by atoms with E-state index in [1.165, 1.54) is 6.07 Å². The van der Waals surface area contributed by atoms with Gasteiger partial charge in [-0.15, -0.1) is 0 Å². The van der Waals surface area contributed by atoms with Crippen molar-refractivity contribution in [3.05, 3.63) is 35.6 Å². The van der Waals surface area contributed by atoms with E-state index in [2.05, 4.69) is 5.32 Å². The molecule has 0 aliphatic carbocycles. The van der Waals surface area contributed by atoms with Crippen LogP contribution in [0.25, 0.3) is 0 Å². The Morgan fingerprint density at radius 2 is 2.24 bits per heavy atom. The topological polar surface area (TPSA) is 55.1 Å². The quantitative estimate of drug-likeness (QED) is 0.829. The van der Waals surface area contributed by atoms with E-state index in [9.17, 15) is 9.18 Å². The number of hydrogen-bond donors (Lipinski definition) is 2. The first kappa shape index (κ1) is 12.0. The smallest absolute Gasteiger partial charge is 0.237 e. The first-order valence-corrected chi connectivity index (χ1v) is 5.92. The van der Waals surface area contributed by atoms with Gasteiger partial charge in [0.05, 0.1) is 5.54 Å². The van der Waals surface area contributed by atoms with Gasteiger partial charge in [0.25, 0.3) is 0 Å².